The molecule has 2 rings (SSSR count). The normalized spacial score (nSPS) is 11.2. The molecule has 2 aromatic carbocycles. The predicted molar refractivity (Wildman–Crippen MR) is 80.2 cm³/mol. The lowest BCUT2D eigenvalue weighted by Gasteiger charge is -2.01. The SMILES string of the molecule is O=C(O)c1ccc(C(Cl)=Cc2ccc([N+](=O)[O-])cc2)cc1. The summed E-state index contributed by atoms with van der Waals surface area (Å²) in [6.07, 6.45) is 1.65. The topological polar surface area (TPSA) is 80.4 Å². The summed E-state index contributed by atoms with van der Waals surface area (Å²) in [5.41, 5.74) is 1.57. The van der Waals surface area contributed by atoms with Crippen LogP contribution in [-0.4, -0.2) is 16.0 Å². The van der Waals surface area contributed by atoms with Gasteiger partial charge < -0.3 is 5.11 Å². The fourth-order valence-electron chi connectivity index (χ4n) is 1.69. The van der Waals surface area contributed by atoms with Gasteiger partial charge in [-0.15, -0.1) is 0 Å². The molecule has 0 atom stereocenters. The fourth-order valence-corrected chi connectivity index (χ4v) is 1.95. The van der Waals surface area contributed by atoms with Crippen molar-refractivity contribution in [2.24, 2.45) is 0 Å². The van der Waals surface area contributed by atoms with E-state index in [1.54, 1.807) is 30.3 Å². The molecule has 0 aliphatic rings. The molecular formula is C15H10ClNO4. The van der Waals surface area contributed by atoms with Crippen LogP contribution in [0.2, 0.25) is 0 Å². The van der Waals surface area contributed by atoms with Gasteiger partial charge in [-0.05, 0) is 41.5 Å². The lowest BCUT2D eigenvalue weighted by Crippen LogP contribution is -1.95. The van der Waals surface area contributed by atoms with E-state index in [0.29, 0.717) is 16.2 Å². The minimum absolute atomic E-state index is 0.00841. The molecule has 0 amide bonds. The van der Waals surface area contributed by atoms with E-state index in [4.69, 9.17) is 16.7 Å². The van der Waals surface area contributed by atoms with Crippen molar-refractivity contribution in [3.8, 4) is 0 Å². The van der Waals surface area contributed by atoms with E-state index < -0.39 is 10.9 Å². The van der Waals surface area contributed by atoms with Crippen molar-refractivity contribution in [3.05, 3.63) is 75.3 Å². The first-order valence-corrected chi connectivity index (χ1v) is 6.30. The Bertz CT molecular complexity index is 705. The largest absolute Gasteiger partial charge is 0.478 e. The third-order valence-corrected chi connectivity index (χ3v) is 3.13. The molecule has 0 radical (unpaired) electrons. The number of hydrogen-bond acceptors (Lipinski definition) is 3. The maximum atomic E-state index is 10.8. The van der Waals surface area contributed by atoms with Crippen molar-refractivity contribution in [2.75, 3.05) is 0 Å². The number of non-ortho nitro benzene ring substituents is 1. The molecule has 0 unspecified atom stereocenters. The summed E-state index contributed by atoms with van der Waals surface area (Å²) in [5.74, 6) is -1.00. The molecule has 0 saturated heterocycles. The maximum Gasteiger partial charge on any atom is 0.335 e. The lowest BCUT2D eigenvalue weighted by molar-refractivity contribution is -0.384. The highest BCUT2D eigenvalue weighted by Crippen LogP contribution is 2.23. The second-order valence-electron chi connectivity index (χ2n) is 4.22. The van der Waals surface area contributed by atoms with Crippen LogP contribution in [0, 0.1) is 10.1 Å². The number of halogens is 1. The van der Waals surface area contributed by atoms with Gasteiger partial charge in [-0.3, -0.25) is 10.1 Å². The summed E-state index contributed by atoms with van der Waals surface area (Å²) in [5, 5.41) is 19.8. The van der Waals surface area contributed by atoms with Gasteiger partial charge in [0.1, 0.15) is 0 Å². The molecular weight excluding hydrogens is 294 g/mol. The van der Waals surface area contributed by atoms with Crippen LogP contribution in [0.3, 0.4) is 0 Å². The first-order valence-electron chi connectivity index (χ1n) is 5.93. The van der Waals surface area contributed by atoms with Crippen LogP contribution in [0.25, 0.3) is 11.1 Å². The first kappa shape index (κ1) is 14.7. The molecule has 0 bridgehead atoms. The second kappa shape index (κ2) is 6.19. The van der Waals surface area contributed by atoms with Crippen LogP contribution in [0.15, 0.2) is 48.5 Å². The number of hydrogen-bond donors (Lipinski definition) is 1. The highest BCUT2D eigenvalue weighted by molar-refractivity contribution is 6.51. The number of carbonyl (C=O) groups is 1. The van der Waals surface area contributed by atoms with E-state index in [-0.39, 0.29) is 11.3 Å². The molecule has 6 heteroatoms. The predicted octanol–water partition coefficient (Wildman–Crippen LogP) is 4.03. The summed E-state index contributed by atoms with van der Waals surface area (Å²) in [7, 11) is 0. The van der Waals surface area contributed by atoms with Gasteiger partial charge >= 0.3 is 5.97 Å². The monoisotopic (exact) mass is 303 g/mol. The molecule has 0 aliphatic carbocycles. The molecule has 1 N–H and O–H groups in total. The van der Waals surface area contributed by atoms with Crippen molar-refractivity contribution in [1.82, 2.24) is 0 Å². The van der Waals surface area contributed by atoms with E-state index in [9.17, 15) is 14.9 Å². The Morgan fingerprint density at radius 1 is 1.05 bits per heavy atom. The zero-order chi connectivity index (χ0) is 15.4. The average molecular weight is 304 g/mol. The molecule has 0 fully saturated rings. The van der Waals surface area contributed by atoms with Gasteiger partial charge in [-0.2, -0.15) is 0 Å². The summed E-state index contributed by atoms with van der Waals surface area (Å²) >= 11 is 6.15. The van der Waals surface area contributed by atoms with Gasteiger partial charge in [0.25, 0.3) is 5.69 Å². The van der Waals surface area contributed by atoms with Crippen LogP contribution in [0.5, 0.6) is 0 Å². The van der Waals surface area contributed by atoms with Crippen molar-refractivity contribution in [1.29, 1.82) is 0 Å². The Kier molecular flexibility index (Phi) is 4.35. The molecule has 2 aromatic rings. The van der Waals surface area contributed by atoms with Crippen LogP contribution >= 0.6 is 11.6 Å². The fraction of sp³-hybridized carbons (Fsp3) is 0. The number of carboxylic acid groups (broad SMARTS) is 1. The van der Waals surface area contributed by atoms with Gasteiger partial charge in [0, 0.05) is 17.2 Å². The van der Waals surface area contributed by atoms with Crippen LogP contribution in [-0.2, 0) is 0 Å². The zero-order valence-electron chi connectivity index (χ0n) is 10.7. The number of nitrogens with zero attached hydrogens (tertiary/aromatic N) is 1. The highest BCUT2D eigenvalue weighted by Gasteiger charge is 2.05. The Morgan fingerprint density at radius 3 is 2.05 bits per heavy atom. The van der Waals surface area contributed by atoms with E-state index in [1.165, 1.54) is 24.3 Å². The molecule has 106 valence electrons. The highest BCUT2D eigenvalue weighted by atomic mass is 35.5. The van der Waals surface area contributed by atoms with Crippen molar-refractivity contribution in [2.45, 2.75) is 0 Å². The molecule has 0 aromatic heterocycles. The third-order valence-electron chi connectivity index (χ3n) is 2.80. The maximum absolute atomic E-state index is 10.8. The van der Waals surface area contributed by atoms with Crippen LogP contribution in [0.1, 0.15) is 21.5 Å². The first-order chi connectivity index (χ1) is 9.97. The van der Waals surface area contributed by atoms with Crippen molar-refractivity contribution in [3.63, 3.8) is 0 Å². The smallest absolute Gasteiger partial charge is 0.335 e. The summed E-state index contributed by atoms with van der Waals surface area (Å²) in [6, 6.07) is 12.1. The molecule has 5 nitrogen and oxygen atoms in total. The molecule has 21 heavy (non-hydrogen) atoms. The van der Waals surface area contributed by atoms with Gasteiger partial charge in [0.05, 0.1) is 10.5 Å². The van der Waals surface area contributed by atoms with E-state index in [1.807, 2.05) is 0 Å². The Balaban J connectivity index is 2.23. The number of nitro benzene ring substituents is 1. The molecule has 0 spiro atoms. The minimum atomic E-state index is -1.00. The number of benzene rings is 2. The number of aromatic carboxylic acids is 1. The average Bonchev–Trinajstić information content (AvgIpc) is 2.47. The molecule has 0 heterocycles. The number of carboxylic acids is 1. The van der Waals surface area contributed by atoms with E-state index in [2.05, 4.69) is 0 Å². The van der Waals surface area contributed by atoms with Gasteiger partial charge in [0.2, 0.25) is 0 Å². The van der Waals surface area contributed by atoms with Gasteiger partial charge in [-0.1, -0.05) is 23.7 Å². The Labute approximate surface area is 125 Å². The minimum Gasteiger partial charge on any atom is -0.478 e. The van der Waals surface area contributed by atoms with Gasteiger partial charge in [-0.25, -0.2) is 4.79 Å². The van der Waals surface area contributed by atoms with Gasteiger partial charge in [0.15, 0.2) is 0 Å². The van der Waals surface area contributed by atoms with Crippen molar-refractivity contribution < 1.29 is 14.8 Å². The van der Waals surface area contributed by atoms with E-state index >= 15 is 0 Å². The molecule has 0 saturated carbocycles. The quantitative estimate of drug-likeness (QED) is 0.525. The van der Waals surface area contributed by atoms with Crippen molar-refractivity contribution >= 4 is 34.4 Å². The summed E-state index contributed by atoms with van der Waals surface area (Å²) in [6.45, 7) is 0. The zero-order valence-corrected chi connectivity index (χ0v) is 11.4. The Morgan fingerprint density at radius 2 is 1.57 bits per heavy atom. The number of nitro groups is 1. The van der Waals surface area contributed by atoms with Crippen LogP contribution in [0.4, 0.5) is 5.69 Å². The summed E-state index contributed by atoms with van der Waals surface area (Å²) in [4.78, 5) is 20.8. The molecule has 0 aliphatic heterocycles. The lowest BCUT2D eigenvalue weighted by atomic mass is 10.1. The van der Waals surface area contributed by atoms with Crippen LogP contribution < -0.4 is 0 Å². The second-order valence-corrected chi connectivity index (χ2v) is 4.63. The van der Waals surface area contributed by atoms with E-state index in [0.717, 1.165) is 0 Å². The number of rotatable bonds is 4. The summed E-state index contributed by atoms with van der Waals surface area (Å²) < 4.78 is 0. The standard InChI is InChI=1S/C15H10ClNO4/c16-14(11-3-5-12(6-4-11)15(18)19)9-10-1-7-13(8-2-10)17(20)21/h1-9H,(H,18,19). The Hall–Kier alpha value is -2.66. The third kappa shape index (κ3) is 3.67.